The third-order valence-electron chi connectivity index (χ3n) is 5.03. The first-order valence-corrected chi connectivity index (χ1v) is 10.0. The monoisotopic (exact) mass is 383 g/mol. The SMILES string of the molecule is CCC(Oc1cccc(C)c1C)C(=O)NC(CC(C)C)c1ccc(OC)cc1. The molecule has 4 nitrogen and oxygen atoms in total. The number of carbonyl (C=O) groups is 1. The lowest BCUT2D eigenvalue weighted by atomic mass is 9.96. The van der Waals surface area contributed by atoms with Gasteiger partial charge in [0.1, 0.15) is 11.5 Å². The second-order valence-corrected chi connectivity index (χ2v) is 7.68. The maximum absolute atomic E-state index is 13.0. The topological polar surface area (TPSA) is 47.6 Å². The standard InChI is InChI=1S/C24H33NO3/c1-7-22(28-23-10-8-9-17(4)18(23)5)24(26)25-21(15-16(2)3)19-11-13-20(27-6)14-12-19/h8-14,16,21-22H,7,15H2,1-6H3,(H,25,26). The third-order valence-corrected chi connectivity index (χ3v) is 5.03. The van der Waals surface area contributed by atoms with Gasteiger partial charge in [-0.25, -0.2) is 0 Å². The number of nitrogens with one attached hydrogen (secondary N) is 1. The van der Waals surface area contributed by atoms with Crippen molar-refractivity contribution >= 4 is 5.91 Å². The van der Waals surface area contributed by atoms with E-state index in [-0.39, 0.29) is 11.9 Å². The van der Waals surface area contributed by atoms with Crippen LogP contribution in [0.2, 0.25) is 0 Å². The first-order chi connectivity index (χ1) is 13.3. The molecule has 0 fully saturated rings. The molecule has 0 saturated heterocycles. The van der Waals surface area contributed by atoms with Crippen molar-refractivity contribution in [2.24, 2.45) is 5.92 Å². The molecule has 1 amide bonds. The second kappa shape index (κ2) is 10.2. The van der Waals surface area contributed by atoms with Gasteiger partial charge in [0.15, 0.2) is 6.10 Å². The summed E-state index contributed by atoms with van der Waals surface area (Å²) in [7, 11) is 1.65. The Labute approximate surface area is 169 Å². The number of hydrogen-bond donors (Lipinski definition) is 1. The zero-order valence-corrected chi connectivity index (χ0v) is 17.9. The smallest absolute Gasteiger partial charge is 0.261 e. The first-order valence-electron chi connectivity index (χ1n) is 10.0. The third kappa shape index (κ3) is 5.75. The molecule has 0 radical (unpaired) electrons. The fraction of sp³-hybridized carbons (Fsp3) is 0.458. The molecule has 0 spiro atoms. The summed E-state index contributed by atoms with van der Waals surface area (Å²) in [6.45, 7) is 10.4. The highest BCUT2D eigenvalue weighted by atomic mass is 16.5. The molecule has 0 aromatic heterocycles. The maximum atomic E-state index is 13.0. The lowest BCUT2D eigenvalue weighted by Gasteiger charge is -2.25. The molecule has 2 atom stereocenters. The van der Waals surface area contributed by atoms with Gasteiger partial charge >= 0.3 is 0 Å². The van der Waals surface area contributed by atoms with E-state index in [1.54, 1.807) is 7.11 Å². The molecule has 2 rings (SSSR count). The average Bonchev–Trinajstić information content (AvgIpc) is 2.68. The van der Waals surface area contributed by atoms with Gasteiger partial charge in [0.2, 0.25) is 0 Å². The largest absolute Gasteiger partial charge is 0.497 e. The van der Waals surface area contributed by atoms with Crippen LogP contribution >= 0.6 is 0 Å². The van der Waals surface area contributed by atoms with E-state index in [1.165, 1.54) is 0 Å². The molecule has 0 heterocycles. The van der Waals surface area contributed by atoms with E-state index in [0.717, 1.165) is 34.6 Å². The van der Waals surface area contributed by atoms with Gasteiger partial charge in [0.05, 0.1) is 13.2 Å². The lowest BCUT2D eigenvalue weighted by molar-refractivity contribution is -0.129. The summed E-state index contributed by atoms with van der Waals surface area (Å²) in [5, 5.41) is 3.20. The quantitative estimate of drug-likeness (QED) is 0.633. The molecule has 1 N–H and O–H groups in total. The van der Waals surface area contributed by atoms with Crippen molar-refractivity contribution in [2.45, 2.75) is 59.6 Å². The van der Waals surface area contributed by atoms with Gasteiger partial charge in [-0.3, -0.25) is 4.79 Å². The Morgan fingerprint density at radius 3 is 2.32 bits per heavy atom. The Morgan fingerprint density at radius 1 is 1.07 bits per heavy atom. The summed E-state index contributed by atoms with van der Waals surface area (Å²) < 4.78 is 11.3. The highest BCUT2D eigenvalue weighted by Gasteiger charge is 2.24. The maximum Gasteiger partial charge on any atom is 0.261 e. The number of amides is 1. The van der Waals surface area contributed by atoms with Crippen LogP contribution in [0.4, 0.5) is 0 Å². The number of hydrogen-bond acceptors (Lipinski definition) is 3. The molecular weight excluding hydrogens is 350 g/mol. The average molecular weight is 384 g/mol. The highest BCUT2D eigenvalue weighted by molar-refractivity contribution is 5.81. The van der Waals surface area contributed by atoms with E-state index < -0.39 is 6.10 Å². The van der Waals surface area contributed by atoms with Crippen molar-refractivity contribution in [3.8, 4) is 11.5 Å². The van der Waals surface area contributed by atoms with Crippen LogP contribution < -0.4 is 14.8 Å². The van der Waals surface area contributed by atoms with Crippen LogP contribution in [0.5, 0.6) is 11.5 Å². The van der Waals surface area contributed by atoms with Gasteiger partial charge in [0.25, 0.3) is 5.91 Å². The highest BCUT2D eigenvalue weighted by Crippen LogP contribution is 2.25. The van der Waals surface area contributed by atoms with Crippen LogP contribution in [0, 0.1) is 19.8 Å². The molecule has 28 heavy (non-hydrogen) atoms. The molecule has 2 aromatic rings. The minimum absolute atomic E-state index is 0.0605. The van der Waals surface area contributed by atoms with Crippen LogP contribution in [-0.2, 0) is 4.79 Å². The molecule has 0 aliphatic heterocycles. The van der Waals surface area contributed by atoms with Crippen LogP contribution in [0.3, 0.4) is 0 Å². The summed E-state index contributed by atoms with van der Waals surface area (Å²) >= 11 is 0. The lowest BCUT2D eigenvalue weighted by Crippen LogP contribution is -2.40. The number of carbonyl (C=O) groups excluding carboxylic acids is 1. The van der Waals surface area contributed by atoms with Crippen molar-refractivity contribution < 1.29 is 14.3 Å². The van der Waals surface area contributed by atoms with Gasteiger partial charge in [-0.05, 0) is 67.5 Å². The predicted molar refractivity (Wildman–Crippen MR) is 114 cm³/mol. The molecular formula is C24H33NO3. The summed E-state index contributed by atoms with van der Waals surface area (Å²) in [5.41, 5.74) is 3.30. The normalized spacial score (nSPS) is 13.1. The number of methoxy groups -OCH3 is 1. The van der Waals surface area contributed by atoms with Gasteiger partial charge in [-0.1, -0.05) is 45.0 Å². The number of rotatable bonds is 9. The molecule has 0 aliphatic carbocycles. The fourth-order valence-electron chi connectivity index (χ4n) is 3.18. The number of ether oxygens (including phenoxy) is 2. The predicted octanol–water partition coefficient (Wildman–Crippen LogP) is 5.37. The van der Waals surface area contributed by atoms with Crippen LogP contribution in [0.1, 0.15) is 56.3 Å². The number of aryl methyl sites for hydroxylation is 1. The summed E-state index contributed by atoms with van der Waals surface area (Å²) in [6, 6.07) is 13.8. The Balaban J connectivity index is 2.16. The van der Waals surface area contributed by atoms with E-state index >= 15 is 0 Å². The van der Waals surface area contributed by atoms with Crippen LogP contribution in [-0.4, -0.2) is 19.1 Å². The Hall–Kier alpha value is -2.49. The molecule has 0 bridgehead atoms. The molecule has 0 aliphatic rings. The van der Waals surface area contributed by atoms with E-state index in [4.69, 9.17) is 9.47 Å². The Bertz CT molecular complexity index is 768. The van der Waals surface area contributed by atoms with Gasteiger partial charge in [-0.15, -0.1) is 0 Å². The molecule has 152 valence electrons. The van der Waals surface area contributed by atoms with Gasteiger partial charge in [-0.2, -0.15) is 0 Å². The molecule has 2 unspecified atom stereocenters. The zero-order chi connectivity index (χ0) is 20.7. The molecule has 0 saturated carbocycles. The second-order valence-electron chi connectivity index (χ2n) is 7.68. The van der Waals surface area contributed by atoms with Gasteiger partial charge in [0, 0.05) is 0 Å². The van der Waals surface area contributed by atoms with Crippen LogP contribution in [0.15, 0.2) is 42.5 Å². The van der Waals surface area contributed by atoms with E-state index in [1.807, 2.05) is 63.2 Å². The van der Waals surface area contributed by atoms with Crippen molar-refractivity contribution in [1.29, 1.82) is 0 Å². The Kier molecular flexibility index (Phi) is 7.91. The van der Waals surface area contributed by atoms with Crippen molar-refractivity contribution in [3.05, 3.63) is 59.2 Å². The minimum atomic E-state index is -0.520. The summed E-state index contributed by atoms with van der Waals surface area (Å²) in [5.74, 6) is 1.95. The van der Waals surface area contributed by atoms with Crippen molar-refractivity contribution in [3.63, 3.8) is 0 Å². The number of benzene rings is 2. The minimum Gasteiger partial charge on any atom is -0.497 e. The molecule has 2 aromatic carbocycles. The summed E-state index contributed by atoms with van der Waals surface area (Å²) in [4.78, 5) is 13.0. The van der Waals surface area contributed by atoms with E-state index in [2.05, 4.69) is 19.2 Å². The van der Waals surface area contributed by atoms with Crippen molar-refractivity contribution in [1.82, 2.24) is 5.32 Å². The fourth-order valence-corrected chi connectivity index (χ4v) is 3.18. The van der Waals surface area contributed by atoms with Crippen molar-refractivity contribution in [2.75, 3.05) is 7.11 Å². The molecule has 4 heteroatoms. The van der Waals surface area contributed by atoms with E-state index in [9.17, 15) is 4.79 Å². The van der Waals surface area contributed by atoms with Gasteiger partial charge < -0.3 is 14.8 Å². The Morgan fingerprint density at radius 2 is 1.75 bits per heavy atom. The van der Waals surface area contributed by atoms with Crippen LogP contribution in [0.25, 0.3) is 0 Å². The van der Waals surface area contributed by atoms with E-state index in [0.29, 0.717) is 12.3 Å². The zero-order valence-electron chi connectivity index (χ0n) is 17.9. The summed E-state index contributed by atoms with van der Waals surface area (Å²) in [6.07, 6.45) is 0.946. The first kappa shape index (κ1) is 21.8.